The number of ether oxygens (including phenoxy) is 1. The number of aryl methyl sites for hydroxylation is 1. The summed E-state index contributed by atoms with van der Waals surface area (Å²) in [5, 5.41) is 0. The average Bonchev–Trinajstić information content (AvgIpc) is 2.92. The van der Waals surface area contributed by atoms with Crippen molar-refractivity contribution in [1.29, 1.82) is 0 Å². The molecule has 0 unspecified atom stereocenters. The maximum absolute atomic E-state index is 12.6. The Bertz CT molecular complexity index is 608. The van der Waals surface area contributed by atoms with Gasteiger partial charge in [0.05, 0.1) is 11.0 Å². The third kappa shape index (κ3) is 4.06. The molecule has 1 N–H and O–H groups in total. The highest BCUT2D eigenvalue weighted by molar-refractivity contribution is 9.10. The number of hydrogen-bond acceptors (Lipinski definition) is 3. The van der Waals surface area contributed by atoms with E-state index in [1.54, 1.807) is 6.07 Å². The monoisotopic (exact) mass is 375 g/mol. The topological polar surface area (TPSA) is 55.4 Å². The Kier molecular flexibility index (Phi) is 5.46. The van der Waals surface area contributed by atoms with E-state index in [2.05, 4.69) is 20.7 Å². The Morgan fingerprint density at radius 2 is 2.14 bits per heavy atom. The molecular weight excluding hydrogens is 354 g/mol. The van der Waals surface area contributed by atoms with Crippen LogP contribution in [0.1, 0.15) is 43.7 Å². The van der Waals surface area contributed by atoms with E-state index in [1.807, 2.05) is 26.8 Å². The molecule has 1 aromatic carbocycles. The van der Waals surface area contributed by atoms with Crippen molar-refractivity contribution in [3.63, 3.8) is 0 Å². The van der Waals surface area contributed by atoms with E-state index in [0.29, 0.717) is 11.4 Å². The van der Waals surface area contributed by atoms with E-state index in [-0.39, 0.29) is 12.0 Å². The highest BCUT2D eigenvalue weighted by Gasteiger charge is 2.24. The lowest BCUT2D eigenvalue weighted by atomic mass is 10.0. The van der Waals surface area contributed by atoms with Gasteiger partial charge >= 0.3 is 0 Å². The minimum Gasteiger partial charge on any atom is -0.377 e. The molecule has 0 saturated carbocycles. The normalized spacial score (nSPS) is 19.4. The van der Waals surface area contributed by atoms with E-state index in [1.165, 1.54) is 0 Å². The molecule has 1 atom stereocenters. The summed E-state index contributed by atoms with van der Waals surface area (Å²) >= 11 is 3.47. The smallest absolute Gasteiger partial charge is 0.240 e. The van der Waals surface area contributed by atoms with Crippen LogP contribution in [0.25, 0.3) is 0 Å². The highest BCUT2D eigenvalue weighted by Crippen LogP contribution is 2.30. The summed E-state index contributed by atoms with van der Waals surface area (Å²) < 4.78 is 34.3. The summed E-state index contributed by atoms with van der Waals surface area (Å²) in [6, 6.07) is 3.64. The molecule has 6 heteroatoms. The van der Waals surface area contributed by atoms with Gasteiger partial charge in [0, 0.05) is 17.6 Å². The van der Waals surface area contributed by atoms with Gasteiger partial charge in [-0.3, -0.25) is 0 Å². The minimum absolute atomic E-state index is 0.00109. The van der Waals surface area contributed by atoms with Gasteiger partial charge in [0.15, 0.2) is 0 Å². The Morgan fingerprint density at radius 3 is 2.71 bits per heavy atom. The summed E-state index contributed by atoms with van der Waals surface area (Å²) in [6.45, 7) is 6.95. The summed E-state index contributed by atoms with van der Waals surface area (Å²) in [5.74, 6) is 0.135. The molecule has 118 valence electrons. The van der Waals surface area contributed by atoms with Crippen LogP contribution in [-0.2, 0) is 14.8 Å². The van der Waals surface area contributed by atoms with Crippen LogP contribution in [-0.4, -0.2) is 27.7 Å². The van der Waals surface area contributed by atoms with Crippen LogP contribution >= 0.6 is 15.9 Å². The molecule has 1 saturated heterocycles. The van der Waals surface area contributed by atoms with Gasteiger partial charge in [-0.2, -0.15) is 0 Å². The molecule has 1 heterocycles. The first-order valence-corrected chi connectivity index (χ1v) is 9.50. The molecule has 0 spiro atoms. The fraction of sp³-hybridized carbons (Fsp3) is 0.600. The Morgan fingerprint density at radius 1 is 1.43 bits per heavy atom. The average molecular weight is 376 g/mol. The van der Waals surface area contributed by atoms with Crippen LogP contribution < -0.4 is 4.72 Å². The number of halogens is 1. The van der Waals surface area contributed by atoms with Gasteiger partial charge in [0.2, 0.25) is 10.0 Å². The molecule has 0 aliphatic carbocycles. The Hall–Kier alpha value is -0.430. The minimum atomic E-state index is -3.51. The first kappa shape index (κ1) is 16.9. The van der Waals surface area contributed by atoms with Gasteiger partial charge in [0.1, 0.15) is 0 Å². The highest BCUT2D eigenvalue weighted by atomic mass is 79.9. The van der Waals surface area contributed by atoms with Crippen molar-refractivity contribution in [2.75, 3.05) is 13.2 Å². The van der Waals surface area contributed by atoms with Crippen LogP contribution in [0.4, 0.5) is 0 Å². The van der Waals surface area contributed by atoms with Crippen LogP contribution in [0.2, 0.25) is 0 Å². The molecule has 1 fully saturated rings. The van der Waals surface area contributed by atoms with E-state index in [0.717, 1.165) is 35.0 Å². The Balaban J connectivity index is 2.27. The summed E-state index contributed by atoms with van der Waals surface area (Å²) in [6.07, 6.45) is 1.92. The molecule has 0 bridgehead atoms. The number of hydrogen-bond donors (Lipinski definition) is 1. The van der Waals surface area contributed by atoms with Crippen molar-refractivity contribution in [2.24, 2.45) is 0 Å². The van der Waals surface area contributed by atoms with Gasteiger partial charge in [-0.05, 0) is 48.9 Å². The predicted octanol–water partition coefficient (Wildman–Crippen LogP) is 3.34. The van der Waals surface area contributed by atoms with Crippen molar-refractivity contribution in [2.45, 2.75) is 50.5 Å². The maximum Gasteiger partial charge on any atom is 0.240 e. The van der Waals surface area contributed by atoms with E-state index < -0.39 is 10.0 Å². The predicted molar refractivity (Wildman–Crippen MR) is 87.1 cm³/mol. The summed E-state index contributed by atoms with van der Waals surface area (Å²) in [7, 11) is -3.51. The molecule has 4 nitrogen and oxygen atoms in total. The largest absolute Gasteiger partial charge is 0.377 e. The molecular formula is C15H22BrNO3S. The zero-order valence-corrected chi connectivity index (χ0v) is 15.1. The van der Waals surface area contributed by atoms with Crippen LogP contribution in [0, 0.1) is 6.92 Å². The van der Waals surface area contributed by atoms with Crippen LogP contribution in [0.5, 0.6) is 0 Å². The second-order valence-electron chi connectivity index (χ2n) is 5.78. The lowest BCUT2D eigenvalue weighted by Crippen LogP contribution is -2.32. The van der Waals surface area contributed by atoms with E-state index in [4.69, 9.17) is 4.74 Å². The van der Waals surface area contributed by atoms with Crippen LogP contribution in [0.15, 0.2) is 21.5 Å². The first-order chi connectivity index (χ1) is 9.81. The standard InChI is InChI=1S/C15H22BrNO3S/c1-10(2)13-8-14(16)11(3)7-15(13)21(18,19)17-9-12-5-4-6-20-12/h7-8,10,12,17H,4-6,9H2,1-3H3/t12-/m1/s1. The van der Waals surface area contributed by atoms with E-state index >= 15 is 0 Å². The van der Waals surface area contributed by atoms with Gasteiger partial charge in [-0.1, -0.05) is 29.8 Å². The molecule has 0 aromatic heterocycles. The molecule has 1 aromatic rings. The van der Waals surface area contributed by atoms with Gasteiger partial charge in [-0.15, -0.1) is 0 Å². The second-order valence-corrected chi connectivity index (χ2v) is 8.37. The van der Waals surface area contributed by atoms with Gasteiger partial charge in [-0.25, -0.2) is 13.1 Å². The molecule has 1 aliphatic heterocycles. The SMILES string of the molecule is Cc1cc(S(=O)(=O)NC[C@H]2CCCO2)c(C(C)C)cc1Br. The van der Waals surface area contributed by atoms with Gasteiger partial charge in [0.25, 0.3) is 0 Å². The lowest BCUT2D eigenvalue weighted by molar-refractivity contribution is 0.114. The number of benzene rings is 1. The zero-order chi connectivity index (χ0) is 15.6. The Labute approximate surface area is 135 Å². The first-order valence-electron chi connectivity index (χ1n) is 7.22. The third-order valence-corrected chi connectivity index (χ3v) is 6.06. The quantitative estimate of drug-likeness (QED) is 0.858. The van der Waals surface area contributed by atoms with Crippen molar-refractivity contribution in [3.05, 3.63) is 27.7 Å². The number of rotatable bonds is 5. The zero-order valence-electron chi connectivity index (χ0n) is 12.6. The fourth-order valence-corrected chi connectivity index (χ4v) is 4.30. The van der Waals surface area contributed by atoms with Crippen molar-refractivity contribution < 1.29 is 13.2 Å². The molecule has 0 radical (unpaired) electrons. The third-order valence-electron chi connectivity index (χ3n) is 3.73. The molecule has 2 rings (SSSR count). The number of nitrogens with one attached hydrogen (secondary N) is 1. The maximum atomic E-state index is 12.6. The van der Waals surface area contributed by atoms with Crippen molar-refractivity contribution in [1.82, 2.24) is 4.72 Å². The van der Waals surface area contributed by atoms with Gasteiger partial charge < -0.3 is 4.74 Å². The number of sulfonamides is 1. The summed E-state index contributed by atoms with van der Waals surface area (Å²) in [5.41, 5.74) is 1.74. The van der Waals surface area contributed by atoms with Crippen molar-refractivity contribution in [3.8, 4) is 0 Å². The van der Waals surface area contributed by atoms with Crippen LogP contribution in [0.3, 0.4) is 0 Å². The second kappa shape index (κ2) is 6.77. The summed E-state index contributed by atoms with van der Waals surface area (Å²) in [4.78, 5) is 0.371. The molecule has 21 heavy (non-hydrogen) atoms. The molecule has 1 aliphatic rings. The fourth-order valence-electron chi connectivity index (χ4n) is 2.44. The van der Waals surface area contributed by atoms with E-state index in [9.17, 15) is 8.42 Å². The lowest BCUT2D eigenvalue weighted by Gasteiger charge is -2.17. The molecule has 0 amide bonds. The van der Waals surface area contributed by atoms with Crippen molar-refractivity contribution >= 4 is 26.0 Å².